The van der Waals surface area contributed by atoms with Crippen LogP contribution < -0.4 is 10.5 Å². The number of aromatic amines is 1. The number of aromatic nitrogens is 3. The monoisotopic (exact) mass is 242 g/mol. The number of nitrogens with one attached hydrogen (secondary N) is 1. The molecule has 92 valence electrons. The lowest BCUT2D eigenvalue weighted by Gasteiger charge is -2.29. The van der Waals surface area contributed by atoms with Crippen LogP contribution in [-0.2, 0) is 6.42 Å². The fraction of sp³-hybridized carbons (Fsp3) is 0.308. The highest BCUT2D eigenvalue weighted by Gasteiger charge is 2.19. The molecule has 0 unspecified atom stereocenters. The summed E-state index contributed by atoms with van der Waals surface area (Å²) in [5.74, 6) is 0.526. The van der Waals surface area contributed by atoms with Crippen molar-refractivity contribution < 1.29 is 0 Å². The second-order valence-electron chi connectivity index (χ2n) is 4.45. The van der Waals surface area contributed by atoms with Gasteiger partial charge in [-0.3, -0.25) is 9.78 Å². The molecule has 0 saturated heterocycles. The van der Waals surface area contributed by atoms with Crippen LogP contribution in [0.3, 0.4) is 0 Å². The van der Waals surface area contributed by atoms with E-state index in [1.54, 1.807) is 6.92 Å². The van der Waals surface area contributed by atoms with Crippen LogP contribution in [0.1, 0.15) is 17.7 Å². The Morgan fingerprint density at radius 1 is 1.28 bits per heavy atom. The van der Waals surface area contributed by atoms with Gasteiger partial charge in [-0.15, -0.1) is 10.2 Å². The summed E-state index contributed by atoms with van der Waals surface area (Å²) in [6, 6.07) is 8.19. The molecule has 2 heterocycles. The van der Waals surface area contributed by atoms with Crippen molar-refractivity contribution in [3.8, 4) is 0 Å². The number of rotatable bonds is 1. The highest BCUT2D eigenvalue weighted by atomic mass is 16.1. The van der Waals surface area contributed by atoms with Crippen molar-refractivity contribution in [2.75, 3.05) is 11.4 Å². The van der Waals surface area contributed by atoms with Crippen molar-refractivity contribution in [1.29, 1.82) is 0 Å². The van der Waals surface area contributed by atoms with E-state index in [-0.39, 0.29) is 5.56 Å². The molecule has 0 spiro atoms. The Hall–Kier alpha value is -2.17. The summed E-state index contributed by atoms with van der Waals surface area (Å²) in [4.78, 5) is 16.4. The molecule has 0 fully saturated rings. The molecule has 1 aromatic heterocycles. The normalized spacial score (nSPS) is 14.4. The Morgan fingerprint density at radius 2 is 2.11 bits per heavy atom. The number of aryl methyl sites for hydroxylation is 2. The first-order valence-electron chi connectivity index (χ1n) is 6.05. The summed E-state index contributed by atoms with van der Waals surface area (Å²) in [5, 5.41) is 7.97. The van der Waals surface area contributed by atoms with Gasteiger partial charge in [-0.25, -0.2) is 0 Å². The Bertz CT molecular complexity index is 635. The zero-order valence-corrected chi connectivity index (χ0v) is 10.2. The van der Waals surface area contributed by atoms with E-state index in [0.29, 0.717) is 11.6 Å². The van der Waals surface area contributed by atoms with Gasteiger partial charge in [0.1, 0.15) is 5.69 Å². The molecule has 1 aliphatic heterocycles. The van der Waals surface area contributed by atoms with Gasteiger partial charge in [-0.2, -0.15) is 0 Å². The van der Waals surface area contributed by atoms with Gasteiger partial charge in [0.05, 0.1) is 0 Å². The van der Waals surface area contributed by atoms with Crippen molar-refractivity contribution in [1.82, 2.24) is 15.2 Å². The first-order valence-corrected chi connectivity index (χ1v) is 6.05. The molecule has 0 aliphatic carbocycles. The Balaban J connectivity index is 2.08. The SMILES string of the molecule is Cc1nnc(N2CCCc3ccccc32)[nH]c1=O. The first-order chi connectivity index (χ1) is 8.75. The standard InChI is InChI=1S/C13H14N4O/c1-9-12(18)14-13(16-15-9)17-8-4-6-10-5-2-3-7-11(10)17/h2-3,5,7H,4,6,8H2,1H3,(H,14,16,18). The summed E-state index contributed by atoms with van der Waals surface area (Å²) < 4.78 is 0. The van der Waals surface area contributed by atoms with E-state index in [0.717, 1.165) is 25.1 Å². The molecule has 3 rings (SSSR count). The van der Waals surface area contributed by atoms with Crippen LogP contribution in [0.4, 0.5) is 11.6 Å². The highest BCUT2D eigenvalue weighted by molar-refractivity contribution is 5.62. The van der Waals surface area contributed by atoms with E-state index in [9.17, 15) is 4.79 Å². The molecule has 2 aromatic rings. The first kappa shape index (κ1) is 11.0. The molecule has 5 nitrogen and oxygen atoms in total. The van der Waals surface area contributed by atoms with Crippen molar-refractivity contribution in [2.45, 2.75) is 19.8 Å². The van der Waals surface area contributed by atoms with Crippen LogP contribution in [0.25, 0.3) is 0 Å². The second kappa shape index (κ2) is 4.25. The van der Waals surface area contributed by atoms with Crippen LogP contribution >= 0.6 is 0 Å². The summed E-state index contributed by atoms with van der Waals surface area (Å²) in [6.45, 7) is 2.50. The van der Waals surface area contributed by atoms with Gasteiger partial charge in [0, 0.05) is 12.2 Å². The minimum absolute atomic E-state index is 0.178. The lowest BCUT2D eigenvalue weighted by Crippen LogP contribution is -2.29. The average Bonchev–Trinajstić information content (AvgIpc) is 2.41. The smallest absolute Gasteiger partial charge is 0.274 e. The molecule has 18 heavy (non-hydrogen) atoms. The summed E-state index contributed by atoms with van der Waals surface area (Å²) in [5.41, 5.74) is 2.61. The maximum atomic E-state index is 11.6. The quantitative estimate of drug-likeness (QED) is 0.824. The molecule has 5 heteroatoms. The molecular weight excluding hydrogens is 228 g/mol. The maximum Gasteiger partial charge on any atom is 0.274 e. The predicted octanol–water partition coefficient (Wildman–Crippen LogP) is 1.56. The van der Waals surface area contributed by atoms with Crippen LogP contribution in [0, 0.1) is 6.92 Å². The fourth-order valence-electron chi connectivity index (χ4n) is 2.26. The fourth-order valence-corrected chi connectivity index (χ4v) is 2.26. The van der Waals surface area contributed by atoms with Crippen molar-refractivity contribution in [3.05, 3.63) is 45.9 Å². The lowest BCUT2D eigenvalue weighted by atomic mass is 10.0. The van der Waals surface area contributed by atoms with Gasteiger partial charge < -0.3 is 4.90 Å². The third-order valence-electron chi connectivity index (χ3n) is 3.21. The van der Waals surface area contributed by atoms with E-state index < -0.39 is 0 Å². The molecule has 0 bridgehead atoms. The molecule has 0 saturated carbocycles. The molecule has 0 amide bonds. The number of para-hydroxylation sites is 1. The number of hydrogen-bond donors (Lipinski definition) is 1. The molecule has 1 aromatic carbocycles. The lowest BCUT2D eigenvalue weighted by molar-refractivity contribution is 0.734. The summed E-state index contributed by atoms with van der Waals surface area (Å²) in [7, 11) is 0. The average molecular weight is 242 g/mol. The Morgan fingerprint density at radius 3 is 2.94 bits per heavy atom. The van der Waals surface area contributed by atoms with Crippen molar-refractivity contribution in [2.24, 2.45) is 0 Å². The van der Waals surface area contributed by atoms with Crippen LogP contribution in [0.5, 0.6) is 0 Å². The van der Waals surface area contributed by atoms with E-state index in [2.05, 4.69) is 21.2 Å². The Labute approximate surface area is 104 Å². The van der Waals surface area contributed by atoms with Gasteiger partial charge >= 0.3 is 0 Å². The van der Waals surface area contributed by atoms with Gasteiger partial charge in [0.25, 0.3) is 5.56 Å². The second-order valence-corrected chi connectivity index (χ2v) is 4.45. The largest absolute Gasteiger partial charge is 0.310 e. The predicted molar refractivity (Wildman–Crippen MR) is 69.2 cm³/mol. The van der Waals surface area contributed by atoms with E-state index in [1.165, 1.54) is 5.56 Å². The van der Waals surface area contributed by atoms with E-state index in [1.807, 2.05) is 23.1 Å². The number of benzene rings is 1. The van der Waals surface area contributed by atoms with Gasteiger partial charge in [-0.1, -0.05) is 18.2 Å². The van der Waals surface area contributed by atoms with Crippen LogP contribution in [-0.4, -0.2) is 21.7 Å². The van der Waals surface area contributed by atoms with Gasteiger partial charge in [0.15, 0.2) is 0 Å². The van der Waals surface area contributed by atoms with Gasteiger partial charge in [0.2, 0.25) is 5.95 Å². The molecule has 1 aliphatic rings. The zero-order chi connectivity index (χ0) is 12.5. The zero-order valence-electron chi connectivity index (χ0n) is 10.2. The number of hydrogen-bond acceptors (Lipinski definition) is 4. The van der Waals surface area contributed by atoms with Crippen molar-refractivity contribution in [3.63, 3.8) is 0 Å². The summed E-state index contributed by atoms with van der Waals surface area (Å²) in [6.07, 6.45) is 2.12. The molecule has 0 radical (unpaired) electrons. The number of H-pyrrole nitrogens is 1. The third-order valence-corrected chi connectivity index (χ3v) is 3.21. The van der Waals surface area contributed by atoms with E-state index in [4.69, 9.17) is 0 Å². The molecular formula is C13H14N4O. The van der Waals surface area contributed by atoms with E-state index >= 15 is 0 Å². The topological polar surface area (TPSA) is 61.9 Å². The van der Waals surface area contributed by atoms with Crippen LogP contribution in [0.2, 0.25) is 0 Å². The minimum Gasteiger partial charge on any atom is -0.310 e. The van der Waals surface area contributed by atoms with Gasteiger partial charge in [-0.05, 0) is 31.4 Å². The van der Waals surface area contributed by atoms with Crippen molar-refractivity contribution >= 4 is 11.6 Å². The molecule has 1 N–H and O–H groups in total. The maximum absolute atomic E-state index is 11.6. The molecule has 0 atom stereocenters. The summed E-state index contributed by atoms with van der Waals surface area (Å²) >= 11 is 0. The third kappa shape index (κ3) is 1.77. The number of fused-ring (bicyclic) bond motifs is 1. The number of anilines is 2. The number of nitrogens with zero attached hydrogens (tertiary/aromatic N) is 3. The highest BCUT2D eigenvalue weighted by Crippen LogP contribution is 2.30. The minimum atomic E-state index is -0.178. The van der Waals surface area contributed by atoms with Crippen LogP contribution in [0.15, 0.2) is 29.1 Å². The Kier molecular flexibility index (Phi) is 2.59.